The molecule has 2 N–H and O–H groups in total. The van der Waals surface area contributed by atoms with E-state index in [9.17, 15) is 21.6 Å². The van der Waals surface area contributed by atoms with Crippen LogP contribution in [0.25, 0.3) is 0 Å². The molecule has 0 bridgehead atoms. The highest BCUT2D eigenvalue weighted by atomic mass is 32.2. The number of hydrogen-bond donors (Lipinski definition) is 1. The van der Waals surface area contributed by atoms with Gasteiger partial charge in [-0.1, -0.05) is 13.8 Å². The summed E-state index contributed by atoms with van der Waals surface area (Å²) in [6.45, 7) is 3.57. The van der Waals surface area contributed by atoms with Gasteiger partial charge in [0.25, 0.3) is 10.0 Å². The third-order valence-corrected chi connectivity index (χ3v) is 4.65. The Morgan fingerprint density at radius 3 is 2.52 bits per heavy atom. The van der Waals surface area contributed by atoms with Crippen LogP contribution in [-0.2, 0) is 16.2 Å². The highest BCUT2D eigenvalue weighted by Gasteiger charge is 2.36. The number of alkyl halides is 3. The van der Waals surface area contributed by atoms with Gasteiger partial charge in [0, 0.05) is 5.92 Å². The molecule has 1 heterocycles. The van der Waals surface area contributed by atoms with Gasteiger partial charge >= 0.3 is 6.18 Å². The van der Waals surface area contributed by atoms with E-state index in [1.807, 2.05) is 6.92 Å². The predicted molar refractivity (Wildman–Crippen MR) is 72.2 cm³/mol. The SMILES string of the molecule is CCC(C)C1=NS(=O)(=O)c2cc(C(F)(F)F)ccc2N1N. The molecular weight excluding hydrogens is 307 g/mol. The number of nitrogens with zero attached hydrogens (tertiary/aromatic N) is 2. The first-order valence-electron chi connectivity index (χ1n) is 6.19. The monoisotopic (exact) mass is 321 g/mol. The summed E-state index contributed by atoms with van der Waals surface area (Å²) in [5, 5.41) is 1.03. The minimum atomic E-state index is -4.63. The lowest BCUT2D eigenvalue weighted by molar-refractivity contribution is -0.137. The van der Waals surface area contributed by atoms with Crippen LogP contribution in [0.1, 0.15) is 25.8 Å². The molecule has 0 amide bonds. The number of hydrazine groups is 1. The summed E-state index contributed by atoms with van der Waals surface area (Å²) in [5.74, 6) is 5.68. The summed E-state index contributed by atoms with van der Waals surface area (Å²) in [4.78, 5) is -0.535. The number of amidine groups is 1. The number of hydrogen-bond acceptors (Lipinski definition) is 4. The Balaban J connectivity index is 2.63. The molecule has 0 spiro atoms. The first kappa shape index (κ1) is 15.8. The number of fused-ring (bicyclic) bond motifs is 1. The number of sulfonamides is 1. The summed E-state index contributed by atoms with van der Waals surface area (Å²) in [5.41, 5.74) is -1.06. The maximum Gasteiger partial charge on any atom is 0.416 e. The van der Waals surface area contributed by atoms with Crippen LogP contribution in [-0.4, -0.2) is 14.3 Å². The second kappa shape index (κ2) is 4.99. The van der Waals surface area contributed by atoms with Crippen molar-refractivity contribution in [2.24, 2.45) is 16.2 Å². The van der Waals surface area contributed by atoms with E-state index >= 15 is 0 Å². The van der Waals surface area contributed by atoms with Gasteiger partial charge in [-0.3, -0.25) is 5.01 Å². The molecule has 0 saturated heterocycles. The second-order valence-corrected chi connectivity index (χ2v) is 6.36. The molecule has 0 radical (unpaired) electrons. The van der Waals surface area contributed by atoms with Gasteiger partial charge in [0.1, 0.15) is 10.7 Å². The second-order valence-electron chi connectivity index (χ2n) is 4.78. The Hall–Kier alpha value is -1.61. The molecule has 1 atom stereocenters. The molecule has 1 aromatic rings. The predicted octanol–water partition coefficient (Wildman–Crippen LogP) is 2.53. The minimum Gasteiger partial charge on any atom is -0.264 e. The molecule has 2 rings (SSSR count). The smallest absolute Gasteiger partial charge is 0.264 e. The molecule has 116 valence electrons. The quantitative estimate of drug-likeness (QED) is 0.849. The average molecular weight is 321 g/mol. The minimum absolute atomic E-state index is 0.00620. The molecule has 1 aliphatic heterocycles. The van der Waals surface area contributed by atoms with Crippen LogP contribution in [0, 0.1) is 5.92 Å². The highest BCUT2D eigenvalue weighted by Crippen LogP contribution is 2.37. The van der Waals surface area contributed by atoms with Gasteiger partial charge in [-0.2, -0.15) is 21.6 Å². The van der Waals surface area contributed by atoms with Gasteiger partial charge < -0.3 is 0 Å². The van der Waals surface area contributed by atoms with E-state index in [4.69, 9.17) is 5.84 Å². The Kier molecular flexibility index (Phi) is 3.75. The summed E-state index contributed by atoms with van der Waals surface area (Å²) in [6.07, 6.45) is -4.04. The highest BCUT2D eigenvalue weighted by molar-refractivity contribution is 7.90. The molecule has 5 nitrogen and oxygen atoms in total. The maximum absolute atomic E-state index is 12.7. The Morgan fingerprint density at radius 1 is 1.38 bits per heavy atom. The van der Waals surface area contributed by atoms with Crippen molar-refractivity contribution in [3.63, 3.8) is 0 Å². The molecular formula is C12H14F3N3O2S. The maximum atomic E-state index is 12.7. The van der Waals surface area contributed by atoms with Crippen molar-refractivity contribution in [3.8, 4) is 0 Å². The molecule has 0 saturated carbocycles. The normalized spacial score (nSPS) is 19.0. The molecule has 1 aromatic carbocycles. The molecule has 1 aliphatic rings. The van der Waals surface area contributed by atoms with Crippen molar-refractivity contribution in [1.29, 1.82) is 0 Å². The first-order valence-corrected chi connectivity index (χ1v) is 7.63. The summed E-state index contributed by atoms with van der Waals surface area (Å²) in [7, 11) is -4.20. The standard InChI is InChI=1S/C12H14F3N3O2S/c1-3-7(2)11-17-21(19,20)10-6-8(12(13,14)15)4-5-9(10)18(11)16/h4-7H,3,16H2,1-2H3. The lowest BCUT2D eigenvalue weighted by Gasteiger charge is -2.29. The Bertz CT molecular complexity index is 698. The van der Waals surface area contributed by atoms with E-state index in [1.165, 1.54) is 0 Å². The van der Waals surface area contributed by atoms with Gasteiger partial charge in [-0.25, -0.2) is 5.84 Å². The van der Waals surface area contributed by atoms with E-state index in [-0.39, 0.29) is 17.4 Å². The van der Waals surface area contributed by atoms with Crippen LogP contribution < -0.4 is 10.9 Å². The zero-order valence-corrected chi connectivity index (χ0v) is 12.2. The zero-order chi connectivity index (χ0) is 16.0. The van der Waals surface area contributed by atoms with E-state index in [2.05, 4.69) is 4.40 Å². The lowest BCUT2D eigenvalue weighted by Crippen LogP contribution is -2.44. The summed E-state index contributed by atoms with van der Waals surface area (Å²) in [6, 6.07) is 2.40. The van der Waals surface area contributed by atoms with Gasteiger partial charge in [0.15, 0.2) is 0 Å². The van der Waals surface area contributed by atoms with Crippen LogP contribution in [0.4, 0.5) is 18.9 Å². The number of benzene rings is 1. The lowest BCUT2D eigenvalue weighted by atomic mass is 10.1. The summed E-state index contributed by atoms with van der Waals surface area (Å²) >= 11 is 0. The largest absolute Gasteiger partial charge is 0.416 e. The van der Waals surface area contributed by atoms with Crippen molar-refractivity contribution >= 4 is 21.5 Å². The Labute approximate surface area is 120 Å². The zero-order valence-electron chi connectivity index (χ0n) is 11.3. The van der Waals surface area contributed by atoms with E-state index < -0.39 is 26.7 Å². The molecule has 9 heteroatoms. The number of anilines is 1. The molecule has 0 fully saturated rings. The van der Waals surface area contributed by atoms with E-state index in [1.54, 1.807) is 6.92 Å². The molecule has 0 aliphatic carbocycles. The third kappa shape index (κ3) is 2.75. The first-order chi connectivity index (χ1) is 9.58. The van der Waals surface area contributed by atoms with Crippen molar-refractivity contribution in [3.05, 3.63) is 23.8 Å². The Morgan fingerprint density at radius 2 is 2.00 bits per heavy atom. The third-order valence-electron chi connectivity index (χ3n) is 3.34. The number of nitrogens with two attached hydrogens (primary N) is 1. The van der Waals surface area contributed by atoms with Crippen molar-refractivity contribution in [2.75, 3.05) is 5.01 Å². The van der Waals surface area contributed by atoms with Crippen LogP contribution in [0.15, 0.2) is 27.5 Å². The number of rotatable bonds is 2. The topological polar surface area (TPSA) is 75.8 Å². The fourth-order valence-electron chi connectivity index (χ4n) is 1.95. The fraction of sp³-hybridized carbons (Fsp3) is 0.417. The van der Waals surface area contributed by atoms with Crippen molar-refractivity contribution < 1.29 is 21.6 Å². The molecule has 0 aromatic heterocycles. The van der Waals surface area contributed by atoms with Gasteiger partial charge in [0.05, 0.1) is 11.3 Å². The van der Waals surface area contributed by atoms with Crippen LogP contribution >= 0.6 is 0 Å². The van der Waals surface area contributed by atoms with E-state index in [0.29, 0.717) is 12.5 Å². The van der Waals surface area contributed by atoms with Crippen LogP contribution in [0.2, 0.25) is 0 Å². The molecule has 21 heavy (non-hydrogen) atoms. The molecule has 1 unspecified atom stereocenters. The number of halogens is 3. The average Bonchev–Trinajstić information content (AvgIpc) is 2.40. The van der Waals surface area contributed by atoms with Crippen LogP contribution in [0.5, 0.6) is 0 Å². The van der Waals surface area contributed by atoms with Crippen LogP contribution in [0.3, 0.4) is 0 Å². The van der Waals surface area contributed by atoms with Gasteiger partial charge in [0.2, 0.25) is 0 Å². The van der Waals surface area contributed by atoms with E-state index in [0.717, 1.165) is 17.1 Å². The fourth-order valence-corrected chi connectivity index (χ4v) is 3.26. The van der Waals surface area contributed by atoms with Gasteiger partial charge in [-0.15, -0.1) is 4.40 Å². The van der Waals surface area contributed by atoms with Gasteiger partial charge in [-0.05, 0) is 24.6 Å². The van der Waals surface area contributed by atoms with Crippen molar-refractivity contribution in [1.82, 2.24) is 0 Å². The summed E-state index contributed by atoms with van der Waals surface area (Å²) < 4.78 is 65.8. The van der Waals surface area contributed by atoms with Crippen molar-refractivity contribution in [2.45, 2.75) is 31.3 Å².